The van der Waals surface area contributed by atoms with Crippen molar-refractivity contribution in [3.05, 3.63) is 34.9 Å². The van der Waals surface area contributed by atoms with Gasteiger partial charge >= 0.3 is 0 Å². The smallest absolute Gasteiger partial charge is 0.0171 e. The summed E-state index contributed by atoms with van der Waals surface area (Å²) in [6.45, 7) is 8.18. The molecule has 2 rings (SSSR count). The Hall–Kier alpha value is -0.900. The Morgan fingerprint density at radius 3 is 2.68 bits per heavy atom. The Kier molecular flexibility index (Phi) is 4.97. The highest BCUT2D eigenvalue weighted by Gasteiger charge is 2.24. The van der Waals surface area contributed by atoms with Gasteiger partial charge in [0.15, 0.2) is 0 Å². The standard InChI is InChI=1S/C16H27N3/c1-12-3-4-14(7-13(12)2)8-15-9-16(18)11-19(10-15)6-5-17/h3-4,7,15-16H,5-6,8-11,17-18H2,1-2H3. The van der Waals surface area contributed by atoms with E-state index in [1.807, 2.05) is 0 Å². The number of likely N-dealkylation sites (tertiary alicyclic amines) is 1. The molecule has 0 radical (unpaired) electrons. The Morgan fingerprint density at radius 1 is 1.21 bits per heavy atom. The minimum atomic E-state index is 0.303. The van der Waals surface area contributed by atoms with E-state index in [4.69, 9.17) is 11.5 Å². The van der Waals surface area contributed by atoms with E-state index in [0.29, 0.717) is 12.0 Å². The van der Waals surface area contributed by atoms with Gasteiger partial charge in [0.1, 0.15) is 0 Å². The minimum absolute atomic E-state index is 0.303. The molecular weight excluding hydrogens is 234 g/mol. The third kappa shape index (κ3) is 4.03. The quantitative estimate of drug-likeness (QED) is 0.862. The van der Waals surface area contributed by atoms with Gasteiger partial charge in [-0.05, 0) is 49.3 Å². The SMILES string of the molecule is Cc1ccc(CC2CC(N)CN(CCN)C2)cc1C. The molecule has 0 aromatic heterocycles. The van der Waals surface area contributed by atoms with Gasteiger partial charge in [0.05, 0.1) is 0 Å². The van der Waals surface area contributed by atoms with Crippen LogP contribution in [0.15, 0.2) is 18.2 Å². The number of benzene rings is 1. The van der Waals surface area contributed by atoms with Crippen molar-refractivity contribution in [1.29, 1.82) is 0 Å². The van der Waals surface area contributed by atoms with Crippen molar-refractivity contribution in [1.82, 2.24) is 4.90 Å². The van der Waals surface area contributed by atoms with Gasteiger partial charge in [-0.1, -0.05) is 18.2 Å². The fraction of sp³-hybridized carbons (Fsp3) is 0.625. The highest BCUT2D eigenvalue weighted by molar-refractivity contribution is 5.30. The highest BCUT2D eigenvalue weighted by atomic mass is 15.2. The molecule has 0 aliphatic carbocycles. The number of aryl methyl sites for hydroxylation is 2. The summed E-state index contributed by atoms with van der Waals surface area (Å²) in [6.07, 6.45) is 2.27. The monoisotopic (exact) mass is 261 g/mol. The van der Waals surface area contributed by atoms with Crippen LogP contribution >= 0.6 is 0 Å². The average molecular weight is 261 g/mol. The fourth-order valence-electron chi connectivity index (χ4n) is 3.13. The van der Waals surface area contributed by atoms with Crippen LogP contribution in [0.4, 0.5) is 0 Å². The van der Waals surface area contributed by atoms with Crippen LogP contribution in [0.3, 0.4) is 0 Å². The molecule has 1 aliphatic rings. The van der Waals surface area contributed by atoms with Crippen LogP contribution in [0.1, 0.15) is 23.1 Å². The Labute approximate surface area is 117 Å². The van der Waals surface area contributed by atoms with Crippen molar-refractivity contribution in [3.63, 3.8) is 0 Å². The van der Waals surface area contributed by atoms with Crippen molar-refractivity contribution in [2.75, 3.05) is 26.2 Å². The van der Waals surface area contributed by atoms with E-state index < -0.39 is 0 Å². The zero-order valence-electron chi connectivity index (χ0n) is 12.2. The molecule has 4 N–H and O–H groups in total. The molecular formula is C16H27N3. The molecule has 2 unspecified atom stereocenters. The molecule has 1 aliphatic heterocycles. The molecule has 0 saturated carbocycles. The van der Waals surface area contributed by atoms with E-state index in [0.717, 1.165) is 39.0 Å². The van der Waals surface area contributed by atoms with E-state index in [9.17, 15) is 0 Å². The summed E-state index contributed by atoms with van der Waals surface area (Å²) in [5.74, 6) is 0.664. The summed E-state index contributed by atoms with van der Waals surface area (Å²) in [5.41, 5.74) is 16.0. The normalized spacial score (nSPS) is 24.6. The number of hydrogen-bond donors (Lipinski definition) is 2. The molecule has 1 fully saturated rings. The summed E-state index contributed by atoms with van der Waals surface area (Å²) in [7, 11) is 0. The largest absolute Gasteiger partial charge is 0.329 e. The van der Waals surface area contributed by atoms with Gasteiger partial charge in [0.25, 0.3) is 0 Å². The molecule has 0 bridgehead atoms. The second-order valence-corrected chi connectivity index (χ2v) is 6.03. The van der Waals surface area contributed by atoms with E-state index in [1.54, 1.807) is 0 Å². The molecule has 3 heteroatoms. The highest BCUT2D eigenvalue weighted by Crippen LogP contribution is 2.21. The van der Waals surface area contributed by atoms with Crippen LogP contribution in [0.5, 0.6) is 0 Å². The van der Waals surface area contributed by atoms with Crippen molar-refractivity contribution in [2.45, 2.75) is 32.7 Å². The second-order valence-electron chi connectivity index (χ2n) is 6.03. The lowest BCUT2D eigenvalue weighted by Crippen LogP contribution is -2.48. The van der Waals surface area contributed by atoms with E-state index in [2.05, 4.69) is 36.9 Å². The fourth-order valence-corrected chi connectivity index (χ4v) is 3.13. The Bertz CT molecular complexity index is 416. The number of hydrogen-bond acceptors (Lipinski definition) is 3. The summed E-state index contributed by atoms with van der Waals surface area (Å²) in [5, 5.41) is 0. The predicted octanol–water partition coefficient (Wildman–Crippen LogP) is 1.45. The maximum atomic E-state index is 6.17. The van der Waals surface area contributed by atoms with Crippen LogP contribution in [-0.4, -0.2) is 37.1 Å². The summed E-state index contributed by atoms with van der Waals surface area (Å²) in [4.78, 5) is 2.42. The van der Waals surface area contributed by atoms with Crippen LogP contribution < -0.4 is 11.5 Å². The third-order valence-electron chi connectivity index (χ3n) is 4.19. The third-order valence-corrected chi connectivity index (χ3v) is 4.19. The first-order valence-electron chi connectivity index (χ1n) is 7.32. The molecule has 2 atom stereocenters. The van der Waals surface area contributed by atoms with Gasteiger partial charge in [-0.2, -0.15) is 0 Å². The van der Waals surface area contributed by atoms with Gasteiger partial charge in [-0.3, -0.25) is 0 Å². The zero-order valence-corrected chi connectivity index (χ0v) is 12.2. The second kappa shape index (κ2) is 6.51. The molecule has 1 aromatic carbocycles. The summed E-state index contributed by atoms with van der Waals surface area (Å²) < 4.78 is 0. The molecule has 1 heterocycles. The van der Waals surface area contributed by atoms with Crippen LogP contribution in [0, 0.1) is 19.8 Å². The van der Waals surface area contributed by atoms with Gasteiger partial charge in [-0.25, -0.2) is 0 Å². The number of rotatable bonds is 4. The predicted molar refractivity (Wildman–Crippen MR) is 81.2 cm³/mol. The first kappa shape index (κ1) is 14.5. The molecule has 106 valence electrons. The molecule has 1 saturated heterocycles. The van der Waals surface area contributed by atoms with E-state index >= 15 is 0 Å². The maximum Gasteiger partial charge on any atom is 0.0171 e. The Balaban J connectivity index is 1.99. The lowest BCUT2D eigenvalue weighted by atomic mass is 9.88. The van der Waals surface area contributed by atoms with Gasteiger partial charge in [0.2, 0.25) is 0 Å². The van der Waals surface area contributed by atoms with Crippen molar-refractivity contribution in [3.8, 4) is 0 Å². The molecule has 0 spiro atoms. The zero-order chi connectivity index (χ0) is 13.8. The van der Waals surface area contributed by atoms with Gasteiger partial charge in [0, 0.05) is 32.2 Å². The molecule has 0 amide bonds. The van der Waals surface area contributed by atoms with Crippen molar-refractivity contribution in [2.24, 2.45) is 17.4 Å². The number of nitrogens with zero attached hydrogens (tertiary/aromatic N) is 1. The van der Waals surface area contributed by atoms with Gasteiger partial charge in [-0.15, -0.1) is 0 Å². The lowest BCUT2D eigenvalue weighted by molar-refractivity contribution is 0.160. The summed E-state index contributed by atoms with van der Waals surface area (Å²) >= 11 is 0. The summed E-state index contributed by atoms with van der Waals surface area (Å²) in [6, 6.07) is 7.11. The van der Waals surface area contributed by atoms with E-state index in [1.165, 1.54) is 16.7 Å². The number of piperidine rings is 1. The maximum absolute atomic E-state index is 6.17. The van der Waals surface area contributed by atoms with Crippen molar-refractivity contribution >= 4 is 0 Å². The van der Waals surface area contributed by atoms with Crippen LogP contribution in [0.25, 0.3) is 0 Å². The lowest BCUT2D eigenvalue weighted by Gasteiger charge is -2.36. The van der Waals surface area contributed by atoms with E-state index in [-0.39, 0.29) is 0 Å². The molecule has 3 nitrogen and oxygen atoms in total. The van der Waals surface area contributed by atoms with Crippen molar-refractivity contribution < 1.29 is 0 Å². The number of nitrogens with two attached hydrogens (primary N) is 2. The van der Waals surface area contributed by atoms with Crippen LogP contribution in [0.2, 0.25) is 0 Å². The topological polar surface area (TPSA) is 55.3 Å². The molecule has 1 aromatic rings. The van der Waals surface area contributed by atoms with Crippen LogP contribution in [-0.2, 0) is 6.42 Å². The first-order valence-corrected chi connectivity index (χ1v) is 7.32. The average Bonchev–Trinajstić information content (AvgIpc) is 2.33. The van der Waals surface area contributed by atoms with Gasteiger partial charge < -0.3 is 16.4 Å². The minimum Gasteiger partial charge on any atom is -0.329 e. The molecule has 19 heavy (non-hydrogen) atoms. The Morgan fingerprint density at radius 2 is 2.00 bits per heavy atom. The first-order chi connectivity index (χ1) is 9.08.